The van der Waals surface area contributed by atoms with Gasteiger partial charge in [-0.15, -0.1) is 0 Å². The van der Waals surface area contributed by atoms with E-state index in [1.54, 1.807) is 29.2 Å². The first kappa shape index (κ1) is 33.1. The highest BCUT2D eigenvalue weighted by atomic mass is 79.9. The molecule has 0 saturated carbocycles. The topological polar surface area (TPSA) is 96.0 Å². The van der Waals surface area contributed by atoms with Crippen LogP contribution in [-0.4, -0.2) is 56.6 Å². The van der Waals surface area contributed by atoms with Crippen molar-refractivity contribution in [1.82, 2.24) is 10.2 Å². The highest BCUT2D eigenvalue weighted by Crippen LogP contribution is 2.23. The molecule has 3 aromatic carbocycles. The number of hydrogen-bond acceptors (Lipinski definition) is 5. The van der Waals surface area contributed by atoms with E-state index < -0.39 is 16.1 Å². The lowest BCUT2D eigenvalue weighted by Crippen LogP contribution is -2.51. The summed E-state index contributed by atoms with van der Waals surface area (Å²) in [7, 11) is -3.60. The van der Waals surface area contributed by atoms with Crippen molar-refractivity contribution in [3.63, 3.8) is 0 Å². The van der Waals surface area contributed by atoms with Crippen LogP contribution in [0, 0.1) is 0 Å². The standard InChI is InChI=1S/C32H40BrN3O5S/c1-5-41-29-18-16-28(17-19-29)36(42(4,39)40)20-10-15-31(37)35(23-26-13-9-14-27(33)21-26)30(32(38)34-24(2)3)22-25-11-7-6-8-12-25/h6-9,11-14,16-19,21,24,30H,5,10,15,20,22-23H2,1-4H3,(H,34,38)/t30-/m1/s1. The van der Waals surface area contributed by atoms with Gasteiger partial charge in [-0.3, -0.25) is 13.9 Å². The summed E-state index contributed by atoms with van der Waals surface area (Å²) in [5.74, 6) is 0.191. The summed E-state index contributed by atoms with van der Waals surface area (Å²) < 4.78 is 33.0. The van der Waals surface area contributed by atoms with Crippen molar-refractivity contribution >= 4 is 43.5 Å². The fraction of sp³-hybridized carbons (Fsp3) is 0.375. The summed E-state index contributed by atoms with van der Waals surface area (Å²) in [6, 6.07) is 23.3. The second-order valence-electron chi connectivity index (χ2n) is 10.4. The van der Waals surface area contributed by atoms with Gasteiger partial charge in [0.1, 0.15) is 11.8 Å². The molecule has 2 amide bonds. The van der Waals surface area contributed by atoms with Gasteiger partial charge in [-0.25, -0.2) is 8.42 Å². The summed E-state index contributed by atoms with van der Waals surface area (Å²) in [6.45, 7) is 6.51. The monoisotopic (exact) mass is 657 g/mol. The molecule has 226 valence electrons. The predicted molar refractivity (Wildman–Crippen MR) is 171 cm³/mol. The summed E-state index contributed by atoms with van der Waals surface area (Å²) in [4.78, 5) is 29.0. The number of halogens is 1. The Labute approximate surface area is 258 Å². The van der Waals surface area contributed by atoms with Gasteiger partial charge in [0.25, 0.3) is 0 Å². The van der Waals surface area contributed by atoms with Crippen LogP contribution in [-0.2, 0) is 32.6 Å². The van der Waals surface area contributed by atoms with Crippen molar-refractivity contribution in [3.8, 4) is 5.75 Å². The van der Waals surface area contributed by atoms with Crippen LogP contribution < -0.4 is 14.4 Å². The van der Waals surface area contributed by atoms with E-state index in [-0.39, 0.29) is 43.8 Å². The van der Waals surface area contributed by atoms with Crippen molar-refractivity contribution < 1.29 is 22.7 Å². The van der Waals surface area contributed by atoms with Gasteiger partial charge >= 0.3 is 0 Å². The molecule has 0 aliphatic rings. The zero-order valence-corrected chi connectivity index (χ0v) is 27.0. The molecule has 0 aliphatic heterocycles. The van der Waals surface area contributed by atoms with E-state index in [2.05, 4.69) is 21.2 Å². The van der Waals surface area contributed by atoms with E-state index in [4.69, 9.17) is 4.74 Å². The third-order valence-electron chi connectivity index (χ3n) is 6.53. The number of carbonyl (C=O) groups is 2. The fourth-order valence-corrected chi connectivity index (χ4v) is 6.06. The molecular weight excluding hydrogens is 618 g/mol. The first-order chi connectivity index (χ1) is 20.0. The highest BCUT2D eigenvalue weighted by Gasteiger charge is 2.31. The fourth-order valence-electron chi connectivity index (χ4n) is 4.65. The van der Waals surface area contributed by atoms with E-state index in [1.807, 2.05) is 75.4 Å². The minimum atomic E-state index is -3.60. The van der Waals surface area contributed by atoms with E-state index in [0.29, 0.717) is 24.5 Å². The number of nitrogens with zero attached hydrogens (tertiary/aromatic N) is 2. The molecule has 0 aliphatic carbocycles. The normalized spacial score (nSPS) is 12.0. The van der Waals surface area contributed by atoms with Crippen molar-refractivity contribution in [2.75, 3.05) is 23.7 Å². The molecule has 0 heterocycles. The lowest BCUT2D eigenvalue weighted by Gasteiger charge is -2.32. The highest BCUT2D eigenvalue weighted by molar-refractivity contribution is 9.10. The molecule has 0 unspecified atom stereocenters. The summed E-state index contributed by atoms with van der Waals surface area (Å²) in [6.07, 6.45) is 1.84. The van der Waals surface area contributed by atoms with Gasteiger partial charge in [0, 0.05) is 36.4 Å². The smallest absolute Gasteiger partial charge is 0.243 e. The number of benzene rings is 3. The summed E-state index contributed by atoms with van der Waals surface area (Å²) in [5.41, 5.74) is 2.31. The largest absolute Gasteiger partial charge is 0.494 e. The van der Waals surface area contributed by atoms with Gasteiger partial charge in [0.2, 0.25) is 21.8 Å². The van der Waals surface area contributed by atoms with Crippen molar-refractivity contribution in [3.05, 3.63) is 94.5 Å². The molecule has 0 radical (unpaired) electrons. The van der Waals surface area contributed by atoms with E-state index >= 15 is 0 Å². The quantitative estimate of drug-likeness (QED) is 0.231. The Morgan fingerprint density at radius 1 is 0.952 bits per heavy atom. The van der Waals surface area contributed by atoms with E-state index in [0.717, 1.165) is 21.9 Å². The Kier molecular flexibility index (Phi) is 12.4. The van der Waals surface area contributed by atoms with E-state index in [9.17, 15) is 18.0 Å². The predicted octanol–water partition coefficient (Wildman–Crippen LogP) is 5.56. The summed E-state index contributed by atoms with van der Waals surface area (Å²) >= 11 is 3.50. The maximum absolute atomic E-state index is 13.9. The molecule has 0 aromatic heterocycles. The molecule has 10 heteroatoms. The third-order valence-corrected chi connectivity index (χ3v) is 8.22. The van der Waals surface area contributed by atoms with E-state index in [1.165, 1.54) is 4.31 Å². The Morgan fingerprint density at radius 2 is 1.62 bits per heavy atom. The van der Waals surface area contributed by atoms with Crippen LogP contribution in [0.4, 0.5) is 5.69 Å². The van der Waals surface area contributed by atoms with Gasteiger partial charge in [-0.05, 0) is 74.7 Å². The van der Waals surface area contributed by atoms with Crippen molar-refractivity contribution in [2.45, 2.75) is 58.7 Å². The number of amides is 2. The average Bonchev–Trinajstić information content (AvgIpc) is 2.93. The molecule has 0 bridgehead atoms. The molecule has 0 fully saturated rings. The van der Waals surface area contributed by atoms with Gasteiger partial charge in [0.05, 0.1) is 18.6 Å². The Morgan fingerprint density at radius 3 is 2.21 bits per heavy atom. The minimum Gasteiger partial charge on any atom is -0.494 e. The van der Waals surface area contributed by atoms with Crippen LogP contribution >= 0.6 is 15.9 Å². The Bertz CT molecular complexity index is 1420. The number of anilines is 1. The van der Waals surface area contributed by atoms with Gasteiger partial charge < -0.3 is 15.0 Å². The van der Waals surface area contributed by atoms with Crippen LogP contribution in [0.15, 0.2) is 83.3 Å². The Hall–Kier alpha value is -3.37. The van der Waals surface area contributed by atoms with Crippen molar-refractivity contribution in [2.24, 2.45) is 0 Å². The zero-order chi connectivity index (χ0) is 30.7. The van der Waals surface area contributed by atoms with Crippen LogP contribution in [0.25, 0.3) is 0 Å². The van der Waals surface area contributed by atoms with Crippen LogP contribution in [0.3, 0.4) is 0 Å². The van der Waals surface area contributed by atoms with Gasteiger partial charge in [0.15, 0.2) is 0 Å². The molecular formula is C32H40BrN3O5S. The number of nitrogens with one attached hydrogen (secondary N) is 1. The van der Waals surface area contributed by atoms with Gasteiger partial charge in [-0.2, -0.15) is 0 Å². The molecule has 1 atom stereocenters. The maximum atomic E-state index is 13.9. The van der Waals surface area contributed by atoms with Crippen LogP contribution in [0.1, 0.15) is 44.7 Å². The minimum absolute atomic E-state index is 0.0668. The second-order valence-corrected chi connectivity index (χ2v) is 13.2. The molecule has 3 rings (SSSR count). The first-order valence-corrected chi connectivity index (χ1v) is 16.7. The van der Waals surface area contributed by atoms with Crippen LogP contribution in [0.2, 0.25) is 0 Å². The zero-order valence-electron chi connectivity index (χ0n) is 24.6. The SMILES string of the molecule is CCOc1ccc(N(CCCC(=O)N(Cc2cccc(Br)c2)[C@H](Cc2ccccc2)C(=O)NC(C)C)S(C)(=O)=O)cc1. The number of hydrogen-bond donors (Lipinski definition) is 1. The first-order valence-electron chi connectivity index (χ1n) is 14.1. The molecule has 0 saturated heterocycles. The number of carbonyl (C=O) groups excluding carboxylic acids is 2. The third kappa shape index (κ3) is 10.2. The molecule has 3 aromatic rings. The number of ether oxygens (including phenoxy) is 1. The second kappa shape index (κ2) is 15.7. The van der Waals surface area contributed by atoms with Crippen molar-refractivity contribution in [1.29, 1.82) is 0 Å². The van der Waals surface area contributed by atoms with Crippen LogP contribution in [0.5, 0.6) is 5.75 Å². The molecule has 42 heavy (non-hydrogen) atoms. The van der Waals surface area contributed by atoms with Gasteiger partial charge in [-0.1, -0.05) is 58.4 Å². The number of sulfonamides is 1. The maximum Gasteiger partial charge on any atom is 0.243 e. The molecule has 0 spiro atoms. The Balaban J connectivity index is 1.86. The lowest BCUT2D eigenvalue weighted by atomic mass is 10.0. The number of rotatable bonds is 15. The molecule has 1 N–H and O–H groups in total. The summed E-state index contributed by atoms with van der Waals surface area (Å²) in [5, 5.41) is 2.98. The lowest BCUT2D eigenvalue weighted by molar-refractivity contribution is -0.141. The average molecular weight is 659 g/mol. The molecule has 8 nitrogen and oxygen atoms in total.